The summed E-state index contributed by atoms with van der Waals surface area (Å²) >= 11 is 0. The summed E-state index contributed by atoms with van der Waals surface area (Å²) in [5.41, 5.74) is 1.51. The molecule has 4 nitrogen and oxygen atoms in total. The van der Waals surface area contributed by atoms with Crippen LogP contribution in [0.15, 0.2) is 18.2 Å². The molecule has 0 heterocycles. The van der Waals surface area contributed by atoms with Gasteiger partial charge < -0.3 is 10.2 Å². The van der Waals surface area contributed by atoms with Crippen molar-refractivity contribution in [3.8, 4) is 0 Å². The van der Waals surface area contributed by atoms with Gasteiger partial charge in [-0.2, -0.15) is 0 Å². The summed E-state index contributed by atoms with van der Waals surface area (Å²) in [6.07, 6.45) is 4.88. The minimum Gasteiger partial charge on any atom is -0.478 e. The van der Waals surface area contributed by atoms with Gasteiger partial charge in [0.15, 0.2) is 0 Å². The van der Waals surface area contributed by atoms with Crippen LogP contribution in [0.4, 0.5) is 0 Å². The standard InChI is InChI=1S/C12H10O4/c13-11(14)9-5-6-10(12(15)16)8-4-2-1-3-7(8)9/h1,3,5-6H,2,4H2,(H,13,14)(H,15,16). The zero-order chi connectivity index (χ0) is 11.7. The molecule has 16 heavy (non-hydrogen) atoms. The zero-order valence-electron chi connectivity index (χ0n) is 8.43. The van der Waals surface area contributed by atoms with Gasteiger partial charge in [-0.05, 0) is 36.1 Å². The number of carboxylic acid groups (broad SMARTS) is 2. The molecular formula is C12H10O4. The maximum absolute atomic E-state index is 11.0. The number of aromatic carboxylic acids is 2. The molecule has 0 atom stereocenters. The Kier molecular flexibility index (Phi) is 2.48. The lowest BCUT2D eigenvalue weighted by atomic mass is 9.89. The van der Waals surface area contributed by atoms with Gasteiger partial charge in [-0.15, -0.1) is 0 Å². The Bertz CT molecular complexity index is 500. The average Bonchev–Trinajstić information content (AvgIpc) is 2.27. The van der Waals surface area contributed by atoms with Gasteiger partial charge in [0, 0.05) is 0 Å². The van der Waals surface area contributed by atoms with Crippen LogP contribution in [0.3, 0.4) is 0 Å². The van der Waals surface area contributed by atoms with Gasteiger partial charge in [-0.3, -0.25) is 0 Å². The van der Waals surface area contributed by atoms with Gasteiger partial charge >= 0.3 is 11.9 Å². The molecule has 0 unspecified atom stereocenters. The molecule has 0 fully saturated rings. The Balaban J connectivity index is 2.70. The normalized spacial score (nSPS) is 13.2. The highest BCUT2D eigenvalue weighted by atomic mass is 16.4. The fourth-order valence-corrected chi connectivity index (χ4v) is 1.94. The average molecular weight is 218 g/mol. The SMILES string of the molecule is O=C(O)c1ccc(C(=O)O)c2c1C=CCC2. The highest BCUT2D eigenvalue weighted by Gasteiger charge is 2.20. The molecular weight excluding hydrogens is 208 g/mol. The Morgan fingerprint density at radius 2 is 1.69 bits per heavy atom. The summed E-state index contributed by atoms with van der Waals surface area (Å²) in [5.74, 6) is -2.04. The molecule has 0 saturated heterocycles. The molecule has 0 radical (unpaired) electrons. The molecule has 82 valence electrons. The van der Waals surface area contributed by atoms with Crippen molar-refractivity contribution in [1.82, 2.24) is 0 Å². The van der Waals surface area contributed by atoms with Crippen LogP contribution in [0, 0.1) is 0 Å². The van der Waals surface area contributed by atoms with Gasteiger partial charge in [0.2, 0.25) is 0 Å². The lowest BCUT2D eigenvalue weighted by Crippen LogP contribution is -2.11. The summed E-state index contributed by atoms with van der Waals surface area (Å²) < 4.78 is 0. The van der Waals surface area contributed by atoms with Crippen LogP contribution in [0.1, 0.15) is 38.3 Å². The molecule has 0 bridgehead atoms. The van der Waals surface area contributed by atoms with E-state index in [-0.39, 0.29) is 11.1 Å². The van der Waals surface area contributed by atoms with E-state index in [1.165, 1.54) is 12.1 Å². The van der Waals surface area contributed by atoms with Gasteiger partial charge in [-0.25, -0.2) is 9.59 Å². The Morgan fingerprint density at radius 1 is 1.06 bits per heavy atom. The van der Waals surface area contributed by atoms with E-state index >= 15 is 0 Å². The maximum atomic E-state index is 11.0. The zero-order valence-corrected chi connectivity index (χ0v) is 8.43. The molecule has 0 aromatic heterocycles. The molecule has 1 aliphatic carbocycles. The number of rotatable bonds is 2. The van der Waals surface area contributed by atoms with Crippen molar-refractivity contribution < 1.29 is 19.8 Å². The third-order valence-corrected chi connectivity index (χ3v) is 2.66. The van der Waals surface area contributed by atoms with Gasteiger partial charge in [0.25, 0.3) is 0 Å². The summed E-state index contributed by atoms with van der Waals surface area (Å²) in [4.78, 5) is 22.0. The summed E-state index contributed by atoms with van der Waals surface area (Å²) in [6.45, 7) is 0. The first-order chi connectivity index (χ1) is 7.61. The highest BCUT2D eigenvalue weighted by molar-refractivity contribution is 5.97. The third kappa shape index (κ3) is 1.58. The topological polar surface area (TPSA) is 74.6 Å². The van der Waals surface area contributed by atoms with Gasteiger partial charge in [-0.1, -0.05) is 12.2 Å². The van der Waals surface area contributed by atoms with E-state index in [0.29, 0.717) is 17.5 Å². The number of benzene rings is 1. The molecule has 1 aromatic carbocycles. The molecule has 0 aliphatic heterocycles. The molecule has 0 spiro atoms. The van der Waals surface area contributed by atoms with Crippen molar-refractivity contribution in [1.29, 1.82) is 0 Å². The largest absolute Gasteiger partial charge is 0.478 e. The van der Waals surface area contributed by atoms with E-state index in [0.717, 1.165) is 6.42 Å². The number of carbonyl (C=O) groups is 2. The lowest BCUT2D eigenvalue weighted by molar-refractivity contribution is 0.0680. The van der Waals surface area contributed by atoms with Crippen LogP contribution < -0.4 is 0 Å². The summed E-state index contributed by atoms with van der Waals surface area (Å²) in [6, 6.07) is 2.71. The van der Waals surface area contributed by atoms with Crippen molar-refractivity contribution >= 4 is 18.0 Å². The van der Waals surface area contributed by atoms with Crippen LogP contribution in [0.25, 0.3) is 6.08 Å². The Morgan fingerprint density at radius 3 is 2.31 bits per heavy atom. The molecule has 1 aliphatic rings. The molecule has 0 amide bonds. The minimum atomic E-state index is -1.03. The van der Waals surface area contributed by atoms with Crippen LogP contribution in [-0.2, 0) is 6.42 Å². The minimum absolute atomic E-state index is 0.163. The second-order valence-corrected chi connectivity index (χ2v) is 3.60. The van der Waals surface area contributed by atoms with Crippen molar-refractivity contribution in [3.63, 3.8) is 0 Å². The first kappa shape index (κ1) is 10.4. The summed E-state index contributed by atoms with van der Waals surface area (Å²) in [5, 5.41) is 18.0. The van der Waals surface area contributed by atoms with Crippen molar-refractivity contribution in [2.24, 2.45) is 0 Å². The number of carboxylic acids is 2. The third-order valence-electron chi connectivity index (χ3n) is 2.66. The van der Waals surface area contributed by atoms with Crippen molar-refractivity contribution in [3.05, 3.63) is 40.5 Å². The number of hydrogen-bond acceptors (Lipinski definition) is 2. The molecule has 4 heteroatoms. The number of fused-ring (bicyclic) bond motifs is 1. The van der Waals surface area contributed by atoms with E-state index in [9.17, 15) is 9.59 Å². The van der Waals surface area contributed by atoms with E-state index in [1.54, 1.807) is 6.08 Å². The molecule has 0 saturated carbocycles. The maximum Gasteiger partial charge on any atom is 0.336 e. The van der Waals surface area contributed by atoms with Gasteiger partial charge in [0.05, 0.1) is 11.1 Å². The van der Waals surface area contributed by atoms with E-state index < -0.39 is 11.9 Å². The highest BCUT2D eigenvalue weighted by Crippen LogP contribution is 2.26. The monoisotopic (exact) mass is 218 g/mol. The fourth-order valence-electron chi connectivity index (χ4n) is 1.94. The van der Waals surface area contributed by atoms with E-state index in [1.807, 2.05) is 6.08 Å². The number of hydrogen-bond donors (Lipinski definition) is 2. The smallest absolute Gasteiger partial charge is 0.336 e. The Labute approximate surface area is 91.8 Å². The Hall–Kier alpha value is -2.10. The molecule has 1 aromatic rings. The van der Waals surface area contributed by atoms with E-state index in [4.69, 9.17) is 10.2 Å². The van der Waals surface area contributed by atoms with Crippen LogP contribution in [0.5, 0.6) is 0 Å². The van der Waals surface area contributed by atoms with Crippen LogP contribution >= 0.6 is 0 Å². The van der Waals surface area contributed by atoms with Crippen molar-refractivity contribution in [2.45, 2.75) is 12.8 Å². The quantitative estimate of drug-likeness (QED) is 0.796. The van der Waals surface area contributed by atoms with Gasteiger partial charge in [0.1, 0.15) is 0 Å². The second kappa shape index (κ2) is 3.81. The van der Waals surface area contributed by atoms with Crippen molar-refractivity contribution in [2.75, 3.05) is 0 Å². The number of allylic oxidation sites excluding steroid dienone is 1. The predicted octanol–water partition coefficient (Wildman–Crippen LogP) is 2.04. The predicted molar refractivity (Wildman–Crippen MR) is 57.7 cm³/mol. The molecule has 2 N–H and O–H groups in total. The fraction of sp³-hybridized carbons (Fsp3) is 0.167. The van der Waals surface area contributed by atoms with Crippen LogP contribution in [0.2, 0.25) is 0 Å². The summed E-state index contributed by atoms with van der Waals surface area (Å²) in [7, 11) is 0. The lowest BCUT2D eigenvalue weighted by Gasteiger charge is -2.15. The second-order valence-electron chi connectivity index (χ2n) is 3.60. The molecule has 2 rings (SSSR count). The first-order valence-electron chi connectivity index (χ1n) is 4.90. The van der Waals surface area contributed by atoms with E-state index in [2.05, 4.69) is 0 Å². The van der Waals surface area contributed by atoms with Crippen LogP contribution in [-0.4, -0.2) is 22.2 Å². The first-order valence-corrected chi connectivity index (χ1v) is 4.90.